The van der Waals surface area contributed by atoms with Crippen molar-refractivity contribution in [2.24, 2.45) is 5.92 Å². The summed E-state index contributed by atoms with van der Waals surface area (Å²) >= 11 is 6.09. The summed E-state index contributed by atoms with van der Waals surface area (Å²) < 4.78 is 10.6. The summed E-state index contributed by atoms with van der Waals surface area (Å²) in [5, 5.41) is 3.33. The number of carbonyl (C=O) groups excluding carboxylic acids is 2. The van der Waals surface area contributed by atoms with E-state index in [2.05, 4.69) is 5.32 Å². The minimum atomic E-state index is -1.17. The number of halogens is 1. The van der Waals surface area contributed by atoms with E-state index >= 15 is 0 Å². The van der Waals surface area contributed by atoms with Gasteiger partial charge in [0.2, 0.25) is 0 Å². The molecule has 0 bridgehead atoms. The maximum Gasteiger partial charge on any atom is 0.408 e. The molecule has 2 aromatic carbocycles. The van der Waals surface area contributed by atoms with Gasteiger partial charge in [0.15, 0.2) is 0 Å². The zero-order valence-corrected chi connectivity index (χ0v) is 18.0. The second-order valence-corrected chi connectivity index (χ2v) is 8.12. The lowest BCUT2D eigenvalue weighted by Crippen LogP contribution is -2.53. The SMILES string of the molecule is COC(=O)[C@](C)(CC(C)C)NC(=O)OC(Cc1cccc(Cl)c1)c1ccccc1. The lowest BCUT2D eigenvalue weighted by molar-refractivity contribution is -0.148. The summed E-state index contributed by atoms with van der Waals surface area (Å²) in [4.78, 5) is 25.0. The highest BCUT2D eigenvalue weighted by Crippen LogP contribution is 2.25. The number of nitrogens with one attached hydrogen (secondary N) is 1. The van der Waals surface area contributed by atoms with Gasteiger partial charge in [-0.15, -0.1) is 0 Å². The molecule has 29 heavy (non-hydrogen) atoms. The van der Waals surface area contributed by atoms with E-state index in [-0.39, 0.29) is 5.92 Å². The summed E-state index contributed by atoms with van der Waals surface area (Å²) in [6.45, 7) is 5.59. The molecule has 0 fully saturated rings. The summed E-state index contributed by atoms with van der Waals surface area (Å²) in [7, 11) is 1.31. The van der Waals surface area contributed by atoms with E-state index in [0.29, 0.717) is 17.9 Å². The van der Waals surface area contributed by atoms with Gasteiger partial charge in [0.25, 0.3) is 0 Å². The number of ether oxygens (including phenoxy) is 2. The molecule has 2 atom stereocenters. The van der Waals surface area contributed by atoms with Crippen LogP contribution in [0.25, 0.3) is 0 Å². The first-order valence-electron chi connectivity index (χ1n) is 9.60. The second-order valence-electron chi connectivity index (χ2n) is 7.69. The fraction of sp³-hybridized carbons (Fsp3) is 0.391. The molecule has 0 aromatic heterocycles. The van der Waals surface area contributed by atoms with Crippen LogP contribution in [0.5, 0.6) is 0 Å². The van der Waals surface area contributed by atoms with E-state index < -0.39 is 23.7 Å². The second kappa shape index (κ2) is 10.3. The van der Waals surface area contributed by atoms with Crippen LogP contribution < -0.4 is 5.32 Å². The molecular weight excluding hydrogens is 390 g/mol. The first-order valence-corrected chi connectivity index (χ1v) is 9.98. The van der Waals surface area contributed by atoms with E-state index in [9.17, 15) is 9.59 Å². The Kier molecular flexibility index (Phi) is 8.09. The smallest absolute Gasteiger partial charge is 0.408 e. The number of amides is 1. The lowest BCUT2D eigenvalue weighted by atomic mass is 9.91. The third kappa shape index (κ3) is 6.79. The van der Waals surface area contributed by atoms with Crippen molar-refractivity contribution in [3.05, 3.63) is 70.7 Å². The molecule has 5 nitrogen and oxygen atoms in total. The zero-order valence-electron chi connectivity index (χ0n) is 17.3. The lowest BCUT2D eigenvalue weighted by Gasteiger charge is -2.30. The van der Waals surface area contributed by atoms with Gasteiger partial charge >= 0.3 is 12.1 Å². The van der Waals surface area contributed by atoms with Crippen molar-refractivity contribution in [1.29, 1.82) is 0 Å². The molecule has 0 aliphatic carbocycles. The summed E-state index contributed by atoms with van der Waals surface area (Å²) in [5.74, 6) is -0.329. The molecule has 1 unspecified atom stereocenters. The first kappa shape index (κ1) is 22.8. The molecule has 1 N–H and O–H groups in total. The minimum Gasteiger partial charge on any atom is -0.467 e. The van der Waals surface area contributed by atoms with Crippen molar-refractivity contribution in [2.75, 3.05) is 7.11 Å². The van der Waals surface area contributed by atoms with Crippen molar-refractivity contribution in [1.82, 2.24) is 5.32 Å². The van der Waals surface area contributed by atoms with E-state index in [1.807, 2.05) is 62.4 Å². The summed E-state index contributed by atoms with van der Waals surface area (Å²) in [6, 6.07) is 16.9. The maximum atomic E-state index is 12.7. The highest BCUT2D eigenvalue weighted by molar-refractivity contribution is 6.30. The Morgan fingerprint density at radius 3 is 2.38 bits per heavy atom. The maximum absolute atomic E-state index is 12.7. The molecule has 0 saturated heterocycles. The quantitative estimate of drug-likeness (QED) is 0.589. The molecular formula is C23H28ClNO4. The monoisotopic (exact) mass is 417 g/mol. The standard InChI is InChI=1S/C23H28ClNO4/c1-16(2)15-23(3,21(26)28-4)25-22(27)29-20(18-10-6-5-7-11-18)14-17-9-8-12-19(24)13-17/h5-13,16,20H,14-15H2,1-4H3,(H,25,27)/t20?,23-/m0/s1. The highest BCUT2D eigenvalue weighted by atomic mass is 35.5. The van der Waals surface area contributed by atoms with Crippen LogP contribution in [0.1, 0.15) is 44.4 Å². The number of esters is 1. The molecule has 0 aliphatic heterocycles. The van der Waals surface area contributed by atoms with Gasteiger partial charge in [-0.2, -0.15) is 0 Å². The topological polar surface area (TPSA) is 64.6 Å². The molecule has 0 radical (unpaired) electrons. The highest BCUT2D eigenvalue weighted by Gasteiger charge is 2.37. The average Bonchev–Trinajstić information content (AvgIpc) is 2.66. The van der Waals surface area contributed by atoms with Gasteiger partial charge in [-0.05, 0) is 42.5 Å². The van der Waals surface area contributed by atoms with Crippen LogP contribution in [0.2, 0.25) is 5.02 Å². The molecule has 0 aliphatic rings. The van der Waals surface area contributed by atoms with E-state index in [1.165, 1.54) is 7.11 Å². The molecule has 0 saturated carbocycles. The molecule has 2 aromatic rings. The number of alkyl carbamates (subject to hydrolysis) is 1. The van der Waals surface area contributed by atoms with Crippen molar-refractivity contribution in [3.8, 4) is 0 Å². The molecule has 2 rings (SSSR count). The van der Waals surface area contributed by atoms with Crippen molar-refractivity contribution in [3.63, 3.8) is 0 Å². The van der Waals surface area contributed by atoms with E-state index in [0.717, 1.165) is 11.1 Å². The van der Waals surface area contributed by atoms with E-state index in [1.54, 1.807) is 13.0 Å². The third-order valence-electron chi connectivity index (χ3n) is 4.56. The Morgan fingerprint density at radius 1 is 1.10 bits per heavy atom. The fourth-order valence-electron chi connectivity index (χ4n) is 3.38. The van der Waals surface area contributed by atoms with Crippen molar-refractivity contribution < 1.29 is 19.1 Å². The van der Waals surface area contributed by atoms with Crippen LogP contribution >= 0.6 is 11.6 Å². The number of methoxy groups -OCH3 is 1. The predicted octanol–water partition coefficient (Wildman–Crippen LogP) is 5.33. The van der Waals surface area contributed by atoms with Gasteiger partial charge in [0.05, 0.1) is 7.11 Å². The molecule has 0 heterocycles. The van der Waals surface area contributed by atoms with Crippen molar-refractivity contribution >= 4 is 23.7 Å². The number of carbonyl (C=O) groups is 2. The minimum absolute atomic E-state index is 0.177. The van der Waals surface area contributed by atoms with Crippen LogP contribution in [-0.4, -0.2) is 24.7 Å². The first-order chi connectivity index (χ1) is 13.7. The van der Waals surface area contributed by atoms with Gasteiger partial charge in [-0.25, -0.2) is 9.59 Å². The van der Waals surface area contributed by atoms with Crippen LogP contribution in [-0.2, 0) is 20.7 Å². The van der Waals surface area contributed by atoms with Crippen LogP contribution in [0.3, 0.4) is 0 Å². The van der Waals surface area contributed by atoms with Gasteiger partial charge in [-0.1, -0.05) is 67.9 Å². The van der Waals surface area contributed by atoms with Gasteiger partial charge < -0.3 is 14.8 Å². The van der Waals surface area contributed by atoms with Gasteiger partial charge in [0, 0.05) is 11.4 Å². The predicted molar refractivity (Wildman–Crippen MR) is 114 cm³/mol. The zero-order chi connectivity index (χ0) is 21.4. The summed E-state index contributed by atoms with van der Waals surface area (Å²) in [5.41, 5.74) is 0.625. The fourth-order valence-corrected chi connectivity index (χ4v) is 3.60. The number of hydrogen-bond acceptors (Lipinski definition) is 4. The van der Waals surface area contributed by atoms with Crippen LogP contribution in [0.15, 0.2) is 54.6 Å². The molecule has 156 valence electrons. The molecule has 1 amide bonds. The number of hydrogen-bond donors (Lipinski definition) is 1. The molecule has 6 heteroatoms. The number of benzene rings is 2. The Morgan fingerprint density at radius 2 is 1.79 bits per heavy atom. The van der Waals surface area contributed by atoms with Crippen LogP contribution in [0, 0.1) is 5.92 Å². The van der Waals surface area contributed by atoms with Crippen molar-refractivity contribution in [2.45, 2.75) is 45.3 Å². The average molecular weight is 418 g/mol. The van der Waals surface area contributed by atoms with Crippen LogP contribution in [0.4, 0.5) is 4.79 Å². The largest absolute Gasteiger partial charge is 0.467 e. The van der Waals surface area contributed by atoms with Gasteiger partial charge in [-0.3, -0.25) is 0 Å². The Hall–Kier alpha value is -2.53. The van der Waals surface area contributed by atoms with E-state index in [4.69, 9.17) is 21.1 Å². The molecule has 0 spiro atoms. The number of rotatable bonds is 8. The Bertz CT molecular complexity index is 825. The normalized spacial score (nSPS) is 14.0. The summed E-state index contributed by atoms with van der Waals surface area (Å²) in [6.07, 6.45) is -0.319. The Labute approximate surface area is 177 Å². The Balaban J connectivity index is 2.21. The third-order valence-corrected chi connectivity index (χ3v) is 4.80. The van der Waals surface area contributed by atoms with Gasteiger partial charge in [0.1, 0.15) is 11.6 Å².